The third-order valence-electron chi connectivity index (χ3n) is 2.01. The molecule has 1 aliphatic rings. The van der Waals surface area contributed by atoms with Crippen LogP contribution in [0.2, 0.25) is 0 Å². The van der Waals surface area contributed by atoms with E-state index in [1.54, 1.807) is 0 Å². The van der Waals surface area contributed by atoms with Crippen LogP contribution < -0.4 is 0 Å². The molecule has 11 heavy (non-hydrogen) atoms. The maximum Gasteiger partial charge on any atom is 0.336 e. The Morgan fingerprint density at radius 1 is 1.64 bits per heavy atom. The van der Waals surface area contributed by atoms with Crippen molar-refractivity contribution in [1.29, 1.82) is 0 Å². The van der Waals surface area contributed by atoms with Gasteiger partial charge >= 0.3 is 5.97 Å². The Hall–Kier alpha value is -0.610. The van der Waals surface area contributed by atoms with Crippen LogP contribution in [-0.4, -0.2) is 35.0 Å². The molecule has 1 aliphatic heterocycles. The lowest BCUT2D eigenvalue weighted by molar-refractivity contribution is -0.161. The fraction of sp³-hybridized carbons (Fsp3) is 0.857. The van der Waals surface area contributed by atoms with Crippen LogP contribution in [0.25, 0.3) is 0 Å². The van der Waals surface area contributed by atoms with Crippen molar-refractivity contribution in [2.75, 3.05) is 13.2 Å². The molecular formula is C7H12O4. The summed E-state index contributed by atoms with van der Waals surface area (Å²) in [6, 6.07) is 0. The zero-order chi connectivity index (χ0) is 8.32. The highest BCUT2D eigenvalue weighted by atomic mass is 16.5. The number of aliphatic hydroxyl groups is 1. The summed E-state index contributed by atoms with van der Waals surface area (Å²) < 4.78 is 5.08. The van der Waals surface area contributed by atoms with Gasteiger partial charge in [0.05, 0.1) is 0 Å². The van der Waals surface area contributed by atoms with Crippen LogP contribution in [0.3, 0.4) is 0 Å². The first-order valence-corrected chi connectivity index (χ1v) is 3.69. The van der Waals surface area contributed by atoms with Gasteiger partial charge in [-0.1, -0.05) is 0 Å². The van der Waals surface area contributed by atoms with Crippen LogP contribution in [-0.2, 0) is 9.53 Å². The number of rotatable bonds is 3. The normalized spacial score (nSPS) is 30.6. The minimum atomic E-state index is -1.09. The molecule has 1 unspecified atom stereocenters. The van der Waals surface area contributed by atoms with Gasteiger partial charge in [-0.25, -0.2) is 4.79 Å². The molecular weight excluding hydrogens is 148 g/mol. The predicted molar refractivity (Wildman–Crippen MR) is 37.3 cm³/mol. The number of hydrogen-bond acceptors (Lipinski definition) is 3. The first-order valence-electron chi connectivity index (χ1n) is 3.69. The number of carboxylic acids is 1. The lowest BCUT2D eigenvalue weighted by Gasteiger charge is -2.21. The highest BCUT2D eigenvalue weighted by Crippen LogP contribution is 2.28. The molecule has 2 N–H and O–H groups in total. The number of aliphatic carboxylic acids is 1. The lowest BCUT2D eigenvalue weighted by atomic mass is 9.97. The Morgan fingerprint density at radius 3 is 2.73 bits per heavy atom. The minimum Gasteiger partial charge on any atom is -0.479 e. The topological polar surface area (TPSA) is 66.8 Å². The Labute approximate surface area is 64.8 Å². The second-order valence-electron chi connectivity index (χ2n) is 2.73. The van der Waals surface area contributed by atoms with Crippen molar-refractivity contribution in [3.05, 3.63) is 0 Å². The Bertz CT molecular complexity index is 149. The summed E-state index contributed by atoms with van der Waals surface area (Å²) >= 11 is 0. The van der Waals surface area contributed by atoms with E-state index < -0.39 is 11.6 Å². The molecule has 0 aliphatic carbocycles. The van der Waals surface area contributed by atoms with E-state index in [2.05, 4.69) is 0 Å². The fourth-order valence-corrected chi connectivity index (χ4v) is 1.35. The van der Waals surface area contributed by atoms with Crippen molar-refractivity contribution in [3.8, 4) is 0 Å². The molecule has 0 aromatic heterocycles. The zero-order valence-corrected chi connectivity index (χ0v) is 6.25. The van der Waals surface area contributed by atoms with Gasteiger partial charge in [-0.15, -0.1) is 0 Å². The molecule has 0 aromatic carbocycles. The van der Waals surface area contributed by atoms with Crippen molar-refractivity contribution < 1.29 is 19.7 Å². The molecule has 0 bridgehead atoms. The molecule has 1 rings (SSSR count). The van der Waals surface area contributed by atoms with Crippen LogP contribution in [0.5, 0.6) is 0 Å². The van der Waals surface area contributed by atoms with Gasteiger partial charge in [0.15, 0.2) is 5.60 Å². The number of carboxylic acid groups (broad SMARTS) is 1. The average molecular weight is 160 g/mol. The van der Waals surface area contributed by atoms with E-state index in [0.29, 0.717) is 13.0 Å². The number of hydrogen-bond donors (Lipinski definition) is 2. The molecule has 64 valence electrons. The van der Waals surface area contributed by atoms with E-state index in [4.69, 9.17) is 14.9 Å². The van der Waals surface area contributed by atoms with Gasteiger partial charge in [-0.3, -0.25) is 0 Å². The maximum absolute atomic E-state index is 10.7. The summed E-state index contributed by atoms with van der Waals surface area (Å²) in [7, 11) is 0. The van der Waals surface area contributed by atoms with Crippen molar-refractivity contribution in [2.24, 2.45) is 0 Å². The third kappa shape index (κ3) is 1.52. The largest absolute Gasteiger partial charge is 0.479 e. The molecule has 1 fully saturated rings. The summed E-state index contributed by atoms with van der Waals surface area (Å²) in [5, 5.41) is 17.4. The standard InChI is InChI=1S/C7H12O4/c8-4-3-7(6(9)10)2-1-5-11-7/h8H,1-5H2,(H,9,10). The van der Waals surface area contributed by atoms with Gasteiger partial charge < -0.3 is 14.9 Å². The first kappa shape index (κ1) is 8.49. The van der Waals surface area contributed by atoms with Gasteiger partial charge in [-0.05, 0) is 12.8 Å². The van der Waals surface area contributed by atoms with E-state index in [-0.39, 0.29) is 13.0 Å². The van der Waals surface area contributed by atoms with E-state index >= 15 is 0 Å². The molecule has 0 spiro atoms. The molecule has 4 nitrogen and oxygen atoms in total. The highest BCUT2D eigenvalue weighted by Gasteiger charge is 2.42. The number of carbonyl (C=O) groups is 1. The molecule has 1 saturated heterocycles. The molecule has 0 radical (unpaired) electrons. The molecule has 1 atom stereocenters. The minimum absolute atomic E-state index is 0.133. The van der Waals surface area contributed by atoms with Crippen LogP contribution in [0, 0.1) is 0 Å². The molecule has 0 amide bonds. The zero-order valence-electron chi connectivity index (χ0n) is 6.25. The number of aliphatic hydroxyl groups excluding tert-OH is 1. The van der Waals surface area contributed by atoms with Crippen molar-refractivity contribution in [1.82, 2.24) is 0 Å². The predicted octanol–water partition coefficient (Wildman–Crippen LogP) is 0.00260. The second-order valence-corrected chi connectivity index (χ2v) is 2.73. The van der Waals surface area contributed by atoms with Gasteiger partial charge in [-0.2, -0.15) is 0 Å². The summed E-state index contributed by atoms with van der Waals surface area (Å²) in [4.78, 5) is 10.7. The van der Waals surface area contributed by atoms with Crippen molar-refractivity contribution in [2.45, 2.75) is 24.9 Å². The van der Waals surface area contributed by atoms with Crippen LogP contribution in [0.15, 0.2) is 0 Å². The van der Waals surface area contributed by atoms with E-state index in [1.807, 2.05) is 0 Å². The average Bonchev–Trinajstić information content (AvgIpc) is 2.38. The summed E-state index contributed by atoms with van der Waals surface area (Å²) in [6.45, 7) is 0.360. The van der Waals surface area contributed by atoms with Crippen molar-refractivity contribution in [3.63, 3.8) is 0 Å². The van der Waals surface area contributed by atoms with Crippen LogP contribution >= 0.6 is 0 Å². The number of ether oxygens (including phenoxy) is 1. The third-order valence-corrected chi connectivity index (χ3v) is 2.01. The molecule has 0 aromatic rings. The quantitative estimate of drug-likeness (QED) is 0.610. The molecule has 1 heterocycles. The Balaban J connectivity index is 2.62. The van der Waals surface area contributed by atoms with Gasteiger partial charge in [0.25, 0.3) is 0 Å². The Kier molecular flexibility index (Phi) is 2.46. The van der Waals surface area contributed by atoms with Crippen LogP contribution in [0.4, 0.5) is 0 Å². The van der Waals surface area contributed by atoms with Gasteiger partial charge in [0.1, 0.15) is 0 Å². The fourth-order valence-electron chi connectivity index (χ4n) is 1.35. The lowest BCUT2D eigenvalue weighted by Crippen LogP contribution is -2.38. The maximum atomic E-state index is 10.7. The van der Waals surface area contributed by atoms with Crippen LogP contribution in [0.1, 0.15) is 19.3 Å². The first-order chi connectivity index (χ1) is 5.21. The van der Waals surface area contributed by atoms with E-state index in [9.17, 15) is 4.79 Å². The monoisotopic (exact) mass is 160 g/mol. The highest BCUT2D eigenvalue weighted by molar-refractivity contribution is 5.77. The SMILES string of the molecule is O=C(O)C1(CCO)CCCO1. The van der Waals surface area contributed by atoms with E-state index in [0.717, 1.165) is 6.42 Å². The van der Waals surface area contributed by atoms with E-state index in [1.165, 1.54) is 0 Å². The summed E-state index contributed by atoms with van der Waals surface area (Å²) in [5.41, 5.74) is -1.09. The summed E-state index contributed by atoms with van der Waals surface area (Å²) in [6.07, 6.45) is 1.48. The summed E-state index contributed by atoms with van der Waals surface area (Å²) in [5.74, 6) is -0.955. The van der Waals surface area contributed by atoms with Gasteiger partial charge in [0, 0.05) is 19.6 Å². The Morgan fingerprint density at radius 2 is 2.36 bits per heavy atom. The second kappa shape index (κ2) is 3.19. The smallest absolute Gasteiger partial charge is 0.336 e. The van der Waals surface area contributed by atoms with Crippen molar-refractivity contribution >= 4 is 5.97 Å². The van der Waals surface area contributed by atoms with Gasteiger partial charge in [0.2, 0.25) is 0 Å². The molecule has 4 heteroatoms. The molecule has 0 saturated carbocycles.